The highest BCUT2D eigenvalue weighted by Crippen LogP contribution is 2.60. The summed E-state index contributed by atoms with van der Waals surface area (Å²) in [6, 6.07) is 43.0. The maximum atomic E-state index is 2.42. The van der Waals surface area contributed by atoms with Crippen LogP contribution >= 0.6 is 11.8 Å². The standard InChI is InChI=1S/C32H22S/c1-21-18-19-31-29(20-21)32(28-16-8-9-17-30(28)33-31)26-14-6-4-12-24(26)22-10-2-3-11-23(22)25-13-5-7-15-27(25)32/h2-20H,1H3. The molecule has 1 spiro atoms. The Labute approximate surface area is 199 Å². The minimum absolute atomic E-state index is 0.380. The Morgan fingerprint density at radius 3 is 1.58 bits per heavy atom. The van der Waals surface area contributed by atoms with Gasteiger partial charge >= 0.3 is 0 Å². The largest absolute Gasteiger partial charge is 0.0894 e. The molecule has 0 unspecified atom stereocenters. The molecule has 2 aliphatic rings. The maximum absolute atomic E-state index is 2.42. The van der Waals surface area contributed by atoms with Crippen molar-refractivity contribution in [1.29, 1.82) is 0 Å². The SMILES string of the molecule is Cc1ccc2c(c1)C1(c3ccccc3S2)c2ccccc2-c2ccccc2-c2ccccc21. The third-order valence-electron chi connectivity index (χ3n) is 7.22. The minimum atomic E-state index is -0.380. The van der Waals surface area contributed by atoms with E-state index in [1.807, 2.05) is 11.8 Å². The van der Waals surface area contributed by atoms with Gasteiger partial charge < -0.3 is 0 Å². The quantitative estimate of drug-likeness (QED) is 0.229. The molecule has 5 aromatic rings. The van der Waals surface area contributed by atoms with Crippen molar-refractivity contribution in [3.8, 4) is 22.3 Å². The van der Waals surface area contributed by atoms with Gasteiger partial charge in [0.05, 0.1) is 5.41 Å². The van der Waals surface area contributed by atoms with Crippen LogP contribution in [0.1, 0.15) is 27.8 Å². The van der Waals surface area contributed by atoms with Crippen molar-refractivity contribution < 1.29 is 0 Å². The predicted molar refractivity (Wildman–Crippen MR) is 138 cm³/mol. The highest BCUT2D eigenvalue weighted by atomic mass is 32.2. The Bertz CT molecular complexity index is 1490. The van der Waals surface area contributed by atoms with Gasteiger partial charge in [0.15, 0.2) is 0 Å². The van der Waals surface area contributed by atoms with E-state index in [1.165, 1.54) is 59.9 Å². The number of aryl methyl sites for hydroxylation is 1. The monoisotopic (exact) mass is 438 g/mol. The third-order valence-corrected chi connectivity index (χ3v) is 8.37. The normalized spacial score (nSPS) is 14.3. The second-order valence-corrected chi connectivity index (χ2v) is 10.1. The summed E-state index contributed by atoms with van der Waals surface area (Å²) in [6.07, 6.45) is 0. The van der Waals surface area contributed by atoms with Crippen LogP contribution in [0.5, 0.6) is 0 Å². The molecular weight excluding hydrogens is 416 g/mol. The second-order valence-electron chi connectivity index (χ2n) is 8.98. The summed E-state index contributed by atoms with van der Waals surface area (Å²) in [6.45, 7) is 2.21. The average molecular weight is 439 g/mol. The Balaban J connectivity index is 1.77. The van der Waals surface area contributed by atoms with Crippen molar-refractivity contribution in [1.82, 2.24) is 0 Å². The predicted octanol–water partition coefficient (Wildman–Crippen LogP) is 8.49. The summed E-state index contributed by atoms with van der Waals surface area (Å²) < 4.78 is 0. The highest BCUT2D eigenvalue weighted by Gasteiger charge is 2.47. The molecule has 0 fully saturated rings. The second kappa shape index (κ2) is 6.97. The van der Waals surface area contributed by atoms with Crippen LogP contribution in [0, 0.1) is 6.92 Å². The number of hydrogen-bond acceptors (Lipinski definition) is 1. The first-order valence-corrected chi connectivity index (χ1v) is 12.3. The first-order valence-electron chi connectivity index (χ1n) is 11.5. The van der Waals surface area contributed by atoms with Crippen molar-refractivity contribution in [2.45, 2.75) is 22.1 Å². The molecule has 7 rings (SSSR count). The van der Waals surface area contributed by atoms with Gasteiger partial charge in [0.1, 0.15) is 0 Å². The number of hydrogen-bond donors (Lipinski definition) is 0. The lowest BCUT2D eigenvalue weighted by Crippen LogP contribution is -2.34. The van der Waals surface area contributed by atoms with Crippen LogP contribution in [0.2, 0.25) is 0 Å². The van der Waals surface area contributed by atoms with E-state index in [0.29, 0.717) is 0 Å². The smallest absolute Gasteiger partial charge is 0.0735 e. The average Bonchev–Trinajstić information content (AvgIpc) is 2.98. The molecule has 0 aromatic heterocycles. The van der Waals surface area contributed by atoms with E-state index < -0.39 is 0 Å². The summed E-state index contributed by atoms with van der Waals surface area (Å²) in [5.74, 6) is 0. The third kappa shape index (κ3) is 2.49. The van der Waals surface area contributed by atoms with E-state index >= 15 is 0 Å². The number of benzene rings is 5. The molecule has 1 heterocycles. The first kappa shape index (κ1) is 19.0. The fraction of sp³-hybridized carbons (Fsp3) is 0.0625. The van der Waals surface area contributed by atoms with E-state index in [4.69, 9.17) is 0 Å². The molecule has 0 saturated carbocycles. The van der Waals surface area contributed by atoms with E-state index in [2.05, 4.69) is 122 Å². The molecule has 0 nitrogen and oxygen atoms in total. The molecule has 1 heteroatoms. The molecule has 0 saturated heterocycles. The zero-order valence-corrected chi connectivity index (χ0v) is 19.2. The van der Waals surface area contributed by atoms with Gasteiger partial charge in [-0.25, -0.2) is 0 Å². The number of fused-ring (bicyclic) bond motifs is 11. The van der Waals surface area contributed by atoms with Crippen LogP contribution in [-0.2, 0) is 5.41 Å². The first-order chi connectivity index (χ1) is 16.3. The van der Waals surface area contributed by atoms with Gasteiger partial charge in [-0.2, -0.15) is 0 Å². The van der Waals surface area contributed by atoms with Crippen molar-refractivity contribution in [3.05, 3.63) is 143 Å². The molecule has 1 aliphatic carbocycles. The molecule has 33 heavy (non-hydrogen) atoms. The van der Waals surface area contributed by atoms with Crippen molar-refractivity contribution in [3.63, 3.8) is 0 Å². The molecule has 0 N–H and O–H groups in total. The lowest BCUT2D eigenvalue weighted by atomic mass is 9.63. The molecule has 0 atom stereocenters. The Hall–Kier alpha value is -3.55. The van der Waals surface area contributed by atoms with Crippen LogP contribution < -0.4 is 0 Å². The van der Waals surface area contributed by atoms with E-state index in [0.717, 1.165) is 0 Å². The van der Waals surface area contributed by atoms with Gasteiger partial charge in [0, 0.05) is 9.79 Å². The fourth-order valence-electron chi connectivity index (χ4n) is 5.92. The molecule has 0 bridgehead atoms. The van der Waals surface area contributed by atoms with Gasteiger partial charge in [0.25, 0.3) is 0 Å². The van der Waals surface area contributed by atoms with E-state index in [1.54, 1.807) is 0 Å². The Morgan fingerprint density at radius 2 is 0.939 bits per heavy atom. The van der Waals surface area contributed by atoms with Crippen LogP contribution in [0.4, 0.5) is 0 Å². The van der Waals surface area contributed by atoms with E-state index in [-0.39, 0.29) is 5.41 Å². The summed E-state index contributed by atoms with van der Waals surface area (Å²) in [7, 11) is 0. The van der Waals surface area contributed by atoms with Gasteiger partial charge in [-0.3, -0.25) is 0 Å². The van der Waals surface area contributed by atoms with Gasteiger partial charge in [0.2, 0.25) is 0 Å². The molecular formula is C32H22S. The maximum Gasteiger partial charge on any atom is 0.0735 e. The molecule has 156 valence electrons. The molecule has 0 radical (unpaired) electrons. The van der Waals surface area contributed by atoms with Gasteiger partial charge in [-0.15, -0.1) is 0 Å². The molecule has 5 aromatic carbocycles. The van der Waals surface area contributed by atoms with Crippen molar-refractivity contribution >= 4 is 11.8 Å². The van der Waals surface area contributed by atoms with Crippen molar-refractivity contribution in [2.75, 3.05) is 0 Å². The van der Waals surface area contributed by atoms with Gasteiger partial charge in [-0.1, -0.05) is 120 Å². The van der Waals surface area contributed by atoms with Crippen LogP contribution in [-0.4, -0.2) is 0 Å². The molecule has 1 aliphatic heterocycles. The minimum Gasteiger partial charge on any atom is -0.0894 e. The number of rotatable bonds is 0. The summed E-state index contributed by atoms with van der Waals surface area (Å²) >= 11 is 1.90. The Kier molecular flexibility index (Phi) is 4.01. The Morgan fingerprint density at radius 1 is 0.455 bits per heavy atom. The lowest BCUT2D eigenvalue weighted by Gasteiger charge is -2.43. The van der Waals surface area contributed by atoms with Gasteiger partial charge in [-0.05, 0) is 63.6 Å². The van der Waals surface area contributed by atoms with Crippen LogP contribution in [0.3, 0.4) is 0 Å². The van der Waals surface area contributed by atoms with E-state index in [9.17, 15) is 0 Å². The topological polar surface area (TPSA) is 0 Å². The zero-order chi connectivity index (χ0) is 22.0. The van der Waals surface area contributed by atoms with Crippen LogP contribution in [0.15, 0.2) is 125 Å². The zero-order valence-electron chi connectivity index (χ0n) is 18.4. The fourth-order valence-corrected chi connectivity index (χ4v) is 7.10. The lowest BCUT2D eigenvalue weighted by molar-refractivity contribution is 0.707. The van der Waals surface area contributed by atoms with Crippen LogP contribution in [0.25, 0.3) is 22.3 Å². The summed E-state index contributed by atoms with van der Waals surface area (Å²) in [4.78, 5) is 2.68. The molecule has 0 amide bonds. The highest BCUT2D eigenvalue weighted by molar-refractivity contribution is 7.99. The summed E-state index contributed by atoms with van der Waals surface area (Å²) in [5.41, 5.74) is 11.7. The summed E-state index contributed by atoms with van der Waals surface area (Å²) in [5, 5.41) is 0. The van der Waals surface area contributed by atoms with Crippen molar-refractivity contribution in [2.24, 2.45) is 0 Å².